The van der Waals surface area contributed by atoms with E-state index in [9.17, 15) is 0 Å². The van der Waals surface area contributed by atoms with Crippen molar-refractivity contribution >= 4 is 57.6 Å². The van der Waals surface area contributed by atoms with Crippen LogP contribution in [0.4, 0.5) is 0 Å². The summed E-state index contributed by atoms with van der Waals surface area (Å²) in [7, 11) is -5.93. The maximum Gasteiger partial charge on any atom is 0.188 e. The largest absolute Gasteiger partial charge is 0.457 e. The van der Waals surface area contributed by atoms with E-state index in [1.165, 1.54) is 42.2 Å². The molecule has 0 saturated carbocycles. The highest BCUT2D eigenvalue weighted by Crippen LogP contribution is 2.60. The van der Waals surface area contributed by atoms with E-state index >= 15 is 0 Å². The average molecular weight is 1760 g/mol. The van der Waals surface area contributed by atoms with Crippen molar-refractivity contribution < 1.29 is 18.9 Å². The van der Waals surface area contributed by atoms with Gasteiger partial charge in [0.1, 0.15) is 46.0 Å². The molecule has 0 bridgehead atoms. The monoisotopic (exact) mass is 1760 g/mol. The summed E-state index contributed by atoms with van der Waals surface area (Å²) in [6, 6.07) is 155. The number of benzene rings is 18. The van der Waals surface area contributed by atoms with Gasteiger partial charge >= 0.3 is 0 Å². The van der Waals surface area contributed by atoms with E-state index in [1.54, 1.807) is 0 Å². The van der Waals surface area contributed by atoms with Gasteiger partial charge in [0.05, 0.1) is 33.1 Å². The first kappa shape index (κ1) is 82.1. The Bertz CT molecular complexity index is 6870. The minimum absolute atomic E-state index is 0.497. The normalized spacial score (nSPS) is 13.8. The number of fused-ring (bicyclic) bond motifs is 8. The number of rotatable bonds is 14. The van der Waals surface area contributed by atoms with Gasteiger partial charge < -0.3 is 18.9 Å². The van der Waals surface area contributed by atoms with Gasteiger partial charge in [-0.05, 0) is 176 Å². The molecule has 2 aromatic heterocycles. The molecule has 20 aromatic rings. The van der Waals surface area contributed by atoms with Gasteiger partial charge in [0.2, 0.25) is 0 Å². The fourth-order valence-electron chi connectivity index (χ4n) is 22.1. The zero-order chi connectivity index (χ0) is 90.2. The summed E-state index contributed by atoms with van der Waals surface area (Å²) in [5, 5.41) is 9.80. The Hall–Kier alpha value is -16.4. The van der Waals surface area contributed by atoms with Crippen LogP contribution in [0.1, 0.15) is 77.9 Å². The number of aryl methyl sites for hydroxylation is 6. The Labute approximate surface area is 782 Å². The highest BCUT2D eigenvalue weighted by molar-refractivity contribution is 7.21. The molecular formula is C122H90N6O4Si2. The Morgan fingerprint density at radius 1 is 0.194 bits per heavy atom. The van der Waals surface area contributed by atoms with Gasteiger partial charge in [-0.25, -0.2) is 29.9 Å². The quantitative estimate of drug-likeness (QED) is 0.0975. The van der Waals surface area contributed by atoms with Crippen LogP contribution in [0.3, 0.4) is 0 Å². The molecule has 134 heavy (non-hydrogen) atoms. The molecule has 18 aromatic carbocycles. The third-order valence-corrected chi connectivity index (χ3v) is 37.0. The highest BCUT2D eigenvalue weighted by atomic mass is 28.3. The molecule has 4 aliphatic rings. The maximum absolute atomic E-state index is 7.19. The van der Waals surface area contributed by atoms with Crippen LogP contribution in [0.15, 0.2) is 437 Å². The smallest absolute Gasteiger partial charge is 0.188 e. The van der Waals surface area contributed by atoms with Crippen molar-refractivity contribution in [2.75, 3.05) is 0 Å². The predicted molar refractivity (Wildman–Crippen MR) is 545 cm³/mol. The fourth-order valence-corrected chi connectivity index (χ4v) is 32.1. The van der Waals surface area contributed by atoms with E-state index in [4.69, 9.17) is 48.9 Å². The molecular weight excluding hydrogens is 1670 g/mol. The van der Waals surface area contributed by atoms with E-state index in [0.717, 1.165) is 145 Å². The molecule has 0 unspecified atom stereocenters. The van der Waals surface area contributed by atoms with E-state index in [-0.39, 0.29) is 0 Å². The molecule has 6 heterocycles. The summed E-state index contributed by atoms with van der Waals surface area (Å²) in [5.41, 5.74) is 19.0. The van der Waals surface area contributed by atoms with E-state index in [0.29, 0.717) is 46.4 Å². The Morgan fingerprint density at radius 3 is 0.724 bits per heavy atom. The van der Waals surface area contributed by atoms with Crippen LogP contribution in [0.25, 0.3) is 68.3 Å². The van der Waals surface area contributed by atoms with Gasteiger partial charge in [-0.2, -0.15) is 0 Å². The lowest BCUT2D eigenvalue weighted by Gasteiger charge is -2.42. The third-order valence-electron chi connectivity index (χ3n) is 27.4. The summed E-state index contributed by atoms with van der Waals surface area (Å²) in [5.74, 6) is 9.39. The van der Waals surface area contributed by atoms with Crippen LogP contribution < -0.4 is 60.4 Å². The Balaban J connectivity index is 0.000000151. The van der Waals surface area contributed by atoms with Crippen molar-refractivity contribution in [1.82, 2.24) is 29.9 Å². The third kappa shape index (κ3) is 13.2. The minimum Gasteiger partial charge on any atom is -0.457 e. The molecule has 0 aliphatic carbocycles. The second-order valence-corrected chi connectivity index (χ2v) is 42.7. The molecule has 0 fully saturated rings. The van der Waals surface area contributed by atoms with Crippen LogP contribution in [0, 0.1) is 41.5 Å². The molecule has 0 atom stereocenters. The lowest BCUT2D eigenvalue weighted by Crippen LogP contribution is -2.76. The molecule has 0 radical (unpaired) electrons. The molecule has 12 heteroatoms. The molecule has 0 amide bonds. The number of aromatic nitrogens is 6. The summed E-state index contributed by atoms with van der Waals surface area (Å²) in [4.78, 5) is 32.8. The van der Waals surface area contributed by atoms with Gasteiger partial charge in [-0.3, -0.25) is 0 Å². The minimum atomic E-state index is -2.97. The molecule has 10 nitrogen and oxygen atoms in total. The van der Waals surface area contributed by atoms with Gasteiger partial charge in [0, 0.05) is 33.4 Å². The van der Waals surface area contributed by atoms with Crippen LogP contribution >= 0.6 is 0 Å². The number of hydrogen-bond donors (Lipinski definition) is 0. The van der Waals surface area contributed by atoms with Crippen molar-refractivity contribution in [2.45, 2.75) is 52.4 Å². The highest BCUT2D eigenvalue weighted by Gasteiger charge is 2.53. The zero-order valence-electron chi connectivity index (χ0n) is 74.9. The lowest BCUT2D eigenvalue weighted by molar-refractivity contribution is 0.435. The van der Waals surface area contributed by atoms with E-state index < -0.39 is 27.0 Å². The van der Waals surface area contributed by atoms with Crippen LogP contribution in [0.5, 0.6) is 46.0 Å². The Morgan fingerprint density at radius 2 is 0.418 bits per heavy atom. The summed E-state index contributed by atoms with van der Waals surface area (Å²) in [6.45, 7) is 12.8. The number of ether oxygens (including phenoxy) is 4. The molecule has 4 aliphatic heterocycles. The summed E-state index contributed by atoms with van der Waals surface area (Å²) >= 11 is 0. The first-order chi connectivity index (χ1) is 65.9. The van der Waals surface area contributed by atoms with Crippen molar-refractivity contribution in [3.63, 3.8) is 0 Å². The fraction of sp³-hybridized carbons (Fsp3) is 0.0656. The molecule has 24 rings (SSSR count). The summed E-state index contributed by atoms with van der Waals surface area (Å²) < 4.78 is 28.7. The first-order valence-electron chi connectivity index (χ1n) is 45.7. The molecule has 0 saturated heterocycles. The number of para-hydroxylation sites is 8. The molecule has 640 valence electrons. The maximum atomic E-state index is 7.19. The second-order valence-electron chi connectivity index (χ2n) is 35.2. The van der Waals surface area contributed by atoms with Crippen molar-refractivity contribution in [3.05, 3.63) is 515 Å². The van der Waals surface area contributed by atoms with E-state index in [2.05, 4.69) is 466 Å². The van der Waals surface area contributed by atoms with Gasteiger partial charge in [-0.15, -0.1) is 0 Å². The number of hydrogen-bond acceptors (Lipinski definition) is 10. The van der Waals surface area contributed by atoms with Gasteiger partial charge in [0.15, 0.2) is 51.1 Å². The average Bonchev–Trinajstić information content (AvgIpc) is 0.710. The Kier molecular flexibility index (Phi) is 20.5. The molecule has 0 spiro atoms. The van der Waals surface area contributed by atoms with Crippen molar-refractivity contribution in [3.8, 4) is 114 Å². The zero-order valence-corrected chi connectivity index (χ0v) is 76.9. The standard InChI is InChI=1S/C62H45N3O2.C60H45N3O2Si2/c1-40-38-41(2)55(42(3)39-40)60-64-58(47-30-20-34-51-56(47)66-53-36-18-16-32-49(53)61(51,43-22-8-4-9-23-43)44-24-10-5-11-25-44)63-59(65-60)48-31-21-35-52-57(48)67-54-37-19-17-33-50(54)62(52,45-26-12-6-13-27-45)46-28-14-7-15-29-46;1-40-38-41(2)55(42(3)39-40)60-62-58(47-30-20-36-53-56(47)64-49-32-16-18-34-51(49)66(53,43-22-8-4-9-23-43)44-24-10-5-11-25-44)61-59(63-60)48-31-21-37-54-57(48)65-50-33-17-19-35-52(50)67(54,45-26-12-6-13-27-45)46-28-14-7-15-29-46/h2*4-39H,1-3H3. The van der Waals surface area contributed by atoms with Crippen LogP contribution in [-0.4, -0.2) is 46.1 Å². The lowest BCUT2D eigenvalue weighted by atomic mass is 9.63. The van der Waals surface area contributed by atoms with Crippen molar-refractivity contribution in [1.29, 1.82) is 0 Å². The van der Waals surface area contributed by atoms with Gasteiger partial charge in [0.25, 0.3) is 0 Å². The van der Waals surface area contributed by atoms with Crippen LogP contribution in [-0.2, 0) is 10.8 Å². The molecule has 0 N–H and O–H groups in total. The van der Waals surface area contributed by atoms with Crippen LogP contribution in [0.2, 0.25) is 0 Å². The van der Waals surface area contributed by atoms with Gasteiger partial charge in [-0.1, -0.05) is 399 Å². The first-order valence-corrected chi connectivity index (χ1v) is 49.7. The predicted octanol–water partition coefficient (Wildman–Crippen LogP) is 23.5. The number of nitrogens with zero attached hydrogens (tertiary/aromatic N) is 6. The summed E-state index contributed by atoms with van der Waals surface area (Å²) in [6.07, 6.45) is 0. The SMILES string of the molecule is Cc1cc(C)c(-c2nc(-c3cccc4c3Oc3ccccc3C4(c3ccccc3)c3ccccc3)nc(-c3cccc4c3Oc3ccccc3C4(c3ccccc3)c3ccccc3)n2)c(C)c1.Cc1cc(C)c(-c2nc(-c3cccc4c3Oc3ccccc3[Si]4(c3ccccc3)c3ccccc3)nc(-c3cccc4c3Oc3ccccc3[Si]4(c3ccccc3)c3ccccc3)n2)c(C)c1. The van der Waals surface area contributed by atoms with Crippen molar-refractivity contribution in [2.24, 2.45) is 0 Å². The second kappa shape index (κ2) is 33.5. The topological polar surface area (TPSA) is 114 Å². The van der Waals surface area contributed by atoms with E-state index in [1.807, 2.05) is 12.1 Å².